The molecule has 270 valence electrons. The summed E-state index contributed by atoms with van der Waals surface area (Å²) in [4.78, 5) is 19.7. The average molecular weight is 674 g/mol. The van der Waals surface area contributed by atoms with E-state index >= 15 is 0 Å². The third-order valence-corrected chi connectivity index (χ3v) is 9.51. The second kappa shape index (κ2) is 24.3. The van der Waals surface area contributed by atoms with Crippen LogP contribution in [-0.2, 0) is 4.79 Å². The van der Waals surface area contributed by atoms with Gasteiger partial charge in [0.1, 0.15) is 6.67 Å². The van der Waals surface area contributed by atoms with Crippen molar-refractivity contribution < 1.29 is 9.18 Å². The molecule has 1 rings (SSSR count). The van der Waals surface area contributed by atoms with Gasteiger partial charge in [-0.2, -0.15) is 5.26 Å². The van der Waals surface area contributed by atoms with Crippen LogP contribution < -0.4 is 10.6 Å². The van der Waals surface area contributed by atoms with Gasteiger partial charge in [0.25, 0.3) is 0 Å². The minimum atomic E-state index is -0.619. The zero-order valence-corrected chi connectivity index (χ0v) is 31.8. The van der Waals surface area contributed by atoms with Gasteiger partial charge in [0, 0.05) is 72.5 Å². The Bertz CT molecular complexity index is 1350. The molecule has 7 heteroatoms. The van der Waals surface area contributed by atoms with Crippen molar-refractivity contribution in [3.8, 4) is 6.07 Å². The lowest BCUT2D eigenvalue weighted by molar-refractivity contribution is -0.119. The zero-order chi connectivity index (χ0) is 36.7. The lowest BCUT2D eigenvalue weighted by atomic mass is 9.77. The summed E-state index contributed by atoms with van der Waals surface area (Å²) in [6.45, 7) is 19.6. The third kappa shape index (κ3) is 15.9. The molecule has 0 heterocycles. The highest BCUT2D eigenvalue weighted by Gasteiger charge is 2.30. The predicted octanol–water partition coefficient (Wildman–Crippen LogP) is 10.1. The van der Waals surface area contributed by atoms with E-state index in [-0.39, 0.29) is 17.7 Å². The summed E-state index contributed by atoms with van der Waals surface area (Å²) < 4.78 is 14.0. The summed E-state index contributed by atoms with van der Waals surface area (Å²) in [5.74, 6) is -0.130. The van der Waals surface area contributed by atoms with Crippen LogP contribution in [0.3, 0.4) is 0 Å². The van der Waals surface area contributed by atoms with Crippen molar-refractivity contribution in [1.82, 2.24) is 15.5 Å². The van der Waals surface area contributed by atoms with E-state index in [0.29, 0.717) is 35.9 Å². The lowest BCUT2D eigenvalue weighted by Crippen LogP contribution is -2.36. The molecular formula is C42H64FN5O. The van der Waals surface area contributed by atoms with E-state index < -0.39 is 6.67 Å². The summed E-state index contributed by atoms with van der Waals surface area (Å²) in [6, 6.07) is 2.50. The molecule has 6 nitrogen and oxygen atoms in total. The van der Waals surface area contributed by atoms with Crippen molar-refractivity contribution in [1.29, 1.82) is 5.26 Å². The molecule has 49 heavy (non-hydrogen) atoms. The van der Waals surface area contributed by atoms with Crippen LogP contribution in [0.5, 0.6) is 0 Å². The van der Waals surface area contributed by atoms with Gasteiger partial charge < -0.3 is 15.5 Å². The molecule has 1 unspecified atom stereocenters. The van der Waals surface area contributed by atoms with Gasteiger partial charge in [0.2, 0.25) is 5.91 Å². The van der Waals surface area contributed by atoms with E-state index in [9.17, 15) is 9.18 Å². The second-order valence-electron chi connectivity index (χ2n) is 13.0. The van der Waals surface area contributed by atoms with Gasteiger partial charge >= 0.3 is 0 Å². The second-order valence-corrected chi connectivity index (χ2v) is 13.0. The third-order valence-electron chi connectivity index (χ3n) is 9.51. The molecule has 1 amide bonds. The normalized spacial score (nSPS) is 17.6. The highest BCUT2D eigenvalue weighted by Crippen LogP contribution is 2.39. The van der Waals surface area contributed by atoms with Crippen molar-refractivity contribution >= 4 is 12.1 Å². The fourth-order valence-corrected chi connectivity index (χ4v) is 5.86. The number of alkyl halides is 1. The molecule has 1 aliphatic carbocycles. The fourth-order valence-electron chi connectivity index (χ4n) is 5.86. The molecule has 2 N–H and O–H groups in total. The Morgan fingerprint density at radius 1 is 1.20 bits per heavy atom. The fraction of sp³-hybridized carbons (Fsp3) is 0.548. The van der Waals surface area contributed by atoms with Crippen LogP contribution in [0.15, 0.2) is 99.6 Å². The molecule has 0 spiro atoms. The topological polar surface area (TPSA) is 80.5 Å². The van der Waals surface area contributed by atoms with Gasteiger partial charge in [-0.25, -0.2) is 4.39 Å². The first-order chi connectivity index (χ1) is 23.5. The summed E-state index contributed by atoms with van der Waals surface area (Å²) in [6.07, 6.45) is 26.1. The van der Waals surface area contributed by atoms with Crippen molar-refractivity contribution in [2.24, 2.45) is 10.4 Å². The molecule has 0 saturated heterocycles. The van der Waals surface area contributed by atoms with Crippen molar-refractivity contribution in [2.75, 3.05) is 26.8 Å². The van der Waals surface area contributed by atoms with Crippen LogP contribution in [0.25, 0.3) is 0 Å². The average Bonchev–Trinajstić information content (AvgIpc) is 3.10. The number of carbonyl (C=O) groups is 1. The number of nitriles is 1. The van der Waals surface area contributed by atoms with Crippen molar-refractivity contribution in [3.05, 3.63) is 94.6 Å². The van der Waals surface area contributed by atoms with Gasteiger partial charge in [-0.3, -0.25) is 9.79 Å². The van der Waals surface area contributed by atoms with Gasteiger partial charge in [0.15, 0.2) is 0 Å². The molecule has 0 aromatic heterocycles. The van der Waals surface area contributed by atoms with Gasteiger partial charge in [0.05, 0.1) is 6.07 Å². The number of amides is 1. The molecule has 0 bridgehead atoms. The largest absolute Gasteiger partial charge is 0.385 e. The highest BCUT2D eigenvalue weighted by molar-refractivity contribution is 5.81. The van der Waals surface area contributed by atoms with E-state index in [4.69, 9.17) is 5.26 Å². The first-order valence-corrected chi connectivity index (χ1v) is 18.2. The monoisotopic (exact) mass is 674 g/mol. The standard InChI is InChI=1S/C42H64FN5O/c1-10-35(20-17-15-16-19-34(7)48(9)40(12-3)42(8,13-4)27-25-33(6)31-44)29-41(49)47-39-24-23-36(21-18-22-37(39)30-43)32-46-38(11-2)26-28-45-14-5/h10,12,15-16,22-24,26,28,34,46H,6,11,13-14,17-21,25,27,29-30,32H2,1-5,7-9H3,(H,47,49)/b16-15?,35-10+,36-23+,37-22?,38-26+,39-24?,40-12+,45-28?/t34?,42-/m0/s1. The maximum absolute atomic E-state index is 14.0. The molecule has 1 aliphatic rings. The number of carbonyl (C=O) groups excluding carboxylic acids is 1. The van der Waals surface area contributed by atoms with E-state index in [1.165, 1.54) is 11.3 Å². The number of rotatable bonds is 22. The van der Waals surface area contributed by atoms with E-state index in [0.717, 1.165) is 69.2 Å². The zero-order valence-electron chi connectivity index (χ0n) is 31.8. The van der Waals surface area contributed by atoms with Crippen molar-refractivity contribution in [2.45, 2.75) is 119 Å². The first-order valence-electron chi connectivity index (χ1n) is 18.2. The van der Waals surface area contributed by atoms with Gasteiger partial charge in [-0.1, -0.05) is 75.0 Å². The molecule has 0 radical (unpaired) electrons. The maximum atomic E-state index is 14.0. The molecule has 2 atom stereocenters. The maximum Gasteiger partial charge on any atom is 0.228 e. The predicted molar refractivity (Wildman–Crippen MR) is 208 cm³/mol. The van der Waals surface area contributed by atoms with Crippen LogP contribution >= 0.6 is 0 Å². The molecule has 0 saturated carbocycles. The Labute approximate surface area is 298 Å². The number of hydrogen-bond acceptors (Lipinski definition) is 5. The first kappa shape index (κ1) is 43.1. The minimum absolute atomic E-state index is 0.0226. The molecule has 0 fully saturated rings. The lowest BCUT2D eigenvalue weighted by Gasteiger charge is -2.40. The number of nitrogens with one attached hydrogen (secondary N) is 2. The van der Waals surface area contributed by atoms with Crippen molar-refractivity contribution in [3.63, 3.8) is 0 Å². The highest BCUT2D eigenvalue weighted by atomic mass is 19.1. The summed E-state index contributed by atoms with van der Waals surface area (Å²) >= 11 is 0. The molecular weight excluding hydrogens is 609 g/mol. The van der Waals surface area contributed by atoms with Crippen LogP contribution in [0.1, 0.15) is 113 Å². The molecule has 0 aromatic carbocycles. The summed E-state index contributed by atoms with van der Waals surface area (Å²) in [7, 11) is 2.16. The number of aliphatic imine (C=N–C) groups is 1. The van der Waals surface area contributed by atoms with Gasteiger partial charge in [-0.15, -0.1) is 0 Å². The number of allylic oxidation sites excluding steroid dienone is 11. The van der Waals surface area contributed by atoms with E-state index in [2.05, 4.69) is 93.1 Å². The Hall–Kier alpha value is -3.92. The van der Waals surface area contributed by atoms with Crippen LogP contribution in [-0.4, -0.2) is 49.9 Å². The van der Waals surface area contributed by atoms with Crippen LogP contribution in [0.2, 0.25) is 0 Å². The van der Waals surface area contributed by atoms with Crippen LogP contribution in [0.4, 0.5) is 4.39 Å². The molecule has 0 aromatic rings. The quantitative estimate of drug-likeness (QED) is 0.0681. The Morgan fingerprint density at radius 2 is 1.96 bits per heavy atom. The Kier molecular flexibility index (Phi) is 21.3. The molecule has 0 aliphatic heterocycles. The number of hydrogen-bond donors (Lipinski definition) is 2. The SMILES string of the molecule is C=C(C#N)CC[C@](C)(CC)/C(=C\C)N(C)C(C)CC=CCC/C(=C\C)CC(=O)NC1=C/C=C(/CN/C(=C/C=NCC)CC)CCC=C1CF. The minimum Gasteiger partial charge on any atom is -0.385 e. The Balaban J connectivity index is 2.77. The van der Waals surface area contributed by atoms with E-state index in [1.807, 2.05) is 50.4 Å². The number of nitrogens with zero attached hydrogens (tertiary/aromatic N) is 3. The number of halogens is 1. The summed E-state index contributed by atoms with van der Waals surface area (Å²) in [5, 5.41) is 15.7. The Morgan fingerprint density at radius 3 is 2.57 bits per heavy atom. The van der Waals surface area contributed by atoms with Gasteiger partial charge in [-0.05, 0) is 97.6 Å². The van der Waals surface area contributed by atoms with E-state index in [1.54, 1.807) is 0 Å². The van der Waals surface area contributed by atoms with Crippen LogP contribution in [0, 0.1) is 16.7 Å². The smallest absolute Gasteiger partial charge is 0.228 e. The summed E-state index contributed by atoms with van der Waals surface area (Å²) in [5.41, 5.74) is 6.34.